The van der Waals surface area contributed by atoms with Gasteiger partial charge in [0.1, 0.15) is 0 Å². The summed E-state index contributed by atoms with van der Waals surface area (Å²) in [7, 11) is 0. The Morgan fingerprint density at radius 2 is 2.04 bits per heavy atom. The summed E-state index contributed by atoms with van der Waals surface area (Å²) in [6.07, 6.45) is 9.15. The van der Waals surface area contributed by atoms with Gasteiger partial charge in [-0.05, 0) is 31.2 Å². The van der Waals surface area contributed by atoms with Gasteiger partial charge in [-0.3, -0.25) is 4.79 Å². The van der Waals surface area contributed by atoms with E-state index in [0.29, 0.717) is 6.54 Å². The first kappa shape index (κ1) is 19.7. The van der Waals surface area contributed by atoms with E-state index in [-0.39, 0.29) is 30.3 Å². The molecule has 1 aromatic carbocycles. The van der Waals surface area contributed by atoms with Gasteiger partial charge in [-0.1, -0.05) is 55.8 Å². The second kappa shape index (κ2) is 10.5. The van der Waals surface area contributed by atoms with Gasteiger partial charge in [0, 0.05) is 25.0 Å². The molecule has 2 atom stereocenters. The highest BCUT2D eigenvalue weighted by Crippen LogP contribution is 2.25. The zero-order valence-electron chi connectivity index (χ0n) is 14.0. The van der Waals surface area contributed by atoms with E-state index in [1.165, 1.54) is 5.56 Å². The molecule has 0 saturated heterocycles. The molecule has 0 bridgehead atoms. The van der Waals surface area contributed by atoms with Gasteiger partial charge in [0.25, 0.3) is 0 Å². The number of halogens is 1. The number of carbonyl (C=O) groups is 1. The molecule has 0 aromatic heterocycles. The Hall–Kier alpha value is -1.32. The number of hydrogen-bond donors (Lipinski definition) is 1. The van der Waals surface area contributed by atoms with Crippen molar-refractivity contribution in [3.05, 3.63) is 42.0 Å². The molecule has 0 spiro atoms. The van der Waals surface area contributed by atoms with Crippen molar-refractivity contribution in [2.24, 2.45) is 11.7 Å². The lowest BCUT2D eigenvalue weighted by Gasteiger charge is -2.30. The Morgan fingerprint density at radius 3 is 2.70 bits per heavy atom. The van der Waals surface area contributed by atoms with Crippen LogP contribution in [0.4, 0.5) is 0 Å². The molecule has 0 heterocycles. The summed E-state index contributed by atoms with van der Waals surface area (Å²) >= 11 is 0. The molecular formula is C19H29ClN2O. The summed E-state index contributed by atoms with van der Waals surface area (Å²) in [6, 6.07) is 10.4. The van der Waals surface area contributed by atoms with E-state index >= 15 is 0 Å². The molecule has 2 N–H and O–H groups in total. The van der Waals surface area contributed by atoms with Gasteiger partial charge < -0.3 is 10.6 Å². The maximum Gasteiger partial charge on any atom is 0.226 e. The van der Waals surface area contributed by atoms with Crippen molar-refractivity contribution in [1.29, 1.82) is 0 Å². The minimum atomic E-state index is 0. The first-order chi connectivity index (χ1) is 10.7. The number of carbonyl (C=O) groups excluding carboxylic acids is 1. The van der Waals surface area contributed by atoms with E-state index in [0.717, 1.165) is 38.6 Å². The van der Waals surface area contributed by atoms with Gasteiger partial charge in [0.2, 0.25) is 5.91 Å². The number of amides is 1. The van der Waals surface area contributed by atoms with E-state index in [2.05, 4.69) is 31.2 Å². The highest BCUT2D eigenvalue weighted by atomic mass is 35.5. The Kier molecular flexibility index (Phi) is 8.97. The van der Waals surface area contributed by atoms with Gasteiger partial charge in [-0.15, -0.1) is 12.4 Å². The molecule has 0 aliphatic heterocycles. The molecule has 0 unspecified atom stereocenters. The first-order valence-electron chi connectivity index (χ1n) is 8.46. The molecule has 1 aliphatic carbocycles. The molecule has 2 rings (SSSR count). The van der Waals surface area contributed by atoms with Gasteiger partial charge >= 0.3 is 0 Å². The smallest absolute Gasteiger partial charge is 0.226 e. The third-order valence-electron chi connectivity index (χ3n) is 4.30. The molecule has 23 heavy (non-hydrogen) atoms. The Labute approximate surface area is 146 Å². The summed E-state index contributed by atoms with van der Waals surface area (Å²) < 4.78 is 0. The lowest BCUT2D eigenvalue weighted by Crippen LogP contribution is -2.41. The van der Waals surface area contributed by atoms with Crippen LogP contribution in [0.3, 0.4) is 0 Å². The number of nitrogens with two attached hydrogens (primary N) is 1. The van der Waals surface area contributed by atoms with Gasteiger partial charge in [0.15, 0.2) is 0 Å². The van der Waals surface area contributed by atoms with Crippen molar-refractivity contribution in [3.63, 3.8) is 0 Å². The third-order valence-corrected chi connectivity index (χ3v) is 4.30. The van der Waals surface area contributed by atoms with Crippen LogP contribution in [0.15, 0.2) is 36.4 Å². The van der Waals surface area contributed by atoms with Crippen LogP contribution in [-0.2, 0) is 4.79 Å². The zero-order chi connectivity index (χ0) is 15.8. The van der Waals surface area contributed by atoms with E-state index in [1.807, 2.05) is 23.1 Å². The van der Waals surface area contributed by atoms with Crippen molar-refractivity contribution >= 4 is 24.4 Å². The minimum Gasteiger partial charge on any atom is -0.339 e. The highest BCUT2D eigenvalue weighted by Gasteiger charge is 2.28. The predicted molar refractivity (Wildman–Crippen MR) is 99.5 cm³/mol. The fourth-order valence-electron chi connectivity index (χ4n) is 3.15. The van der Waals surface area contributed by atoms with E-state index in [4.69, 9.17) is 5.73 Å². The summed E-state index contributed by atoms with van der Waals surface area (Å²) in [6.45, 7) is 3.63. The molecule has 3 nitrogen and oxygen atoms in total. The number of rotatable bonds is 6. The Balaban J connectivity index is 0.00000264. The van der Waals surface area contributed by atoms with Crippen LogP contribution in [-0.4, -0.2) is 29.9 Å². The second-order valence-corrected chi connectivity index (χ2v) is 6.22. The van der Waals surface area contributed by atoms with Crippen LogP contribution in [0.25, 0.3) is 6.08 Å². The summed E-state index contributed by atoms with van der Waals surface area (Å²) in [5.41, 5.74) is 7.20. The van der Waals surface area contributed by atoms with Crippen LogP contribution in [0.2, 0.25) is 0 Å². The standard InChI is InChI=1S/C19H28N2O.ClH/c1-2-13-21(14-7-10-16-8-4-3-5-9-16)19(22)17-11-6-12-18(20)15-17;/h3-5,7-10,17-18H,2,6,11-15,20H2,1H3;1H/b10-7+;/t17-,18+;/m1./s1. The summed E-state index contributed by atoms with van der Waals surface area (Å²) in [5.74, 6) is 0.412. The lowest BCUT2D eigenvalue weighted by molar-refractivity contribution is -0.136. The molecule has 1 aliphatic rings. The van der Waals surface area contributed by atoms with Crippen molar-refractivity contribution in [2.75, 3.05) is 13.1 Å². The third kappa shape index (κ3) is 6.36. The maximum atomic E-state index is 12.7. The highest BCUT2D eigenvalue weighted by molar-refractivity contribution is 5.85. The van der Waals surface area contributed by atoms with Gasteiger partial charge in [-0.2, -0.15) is 0 Å². The topological polar surface area (TPSA) is 46.3 Å². The quantitative estimate of drug-likeness (QED) is 0.857. The summed E-state index contributed by atoms with van der Waals surface area (Å²) in [5, 5.41) is 0. The molecule has 0 radical (unpaired) electrons. The summed E-state index contributed by atoms with van der Waals surface area (Å²) in [4.78, 5) is 14.7. The minimum absolute atomic E-state index is 0. The van der Waals surface area contributed by atoms with Crippen LogP contribution < -0.4 is 5.73 Å². The van der Waals surface area contributed by atoms with Crippen LogP contribution >= 0.6 is 12.4 Å². The molecule has 1 aromatic rings. The first-order valence-corrected chi connectivity index (χ1v) is 8.46. The molecule has 1 fully saturated rings. The van der Waals surface area contributed by atoms with E-state index < -0.39 is 0 Å². The van der Waals surface area contributed by atoms with Crippen molar-refractivity contribution in [1.82, 2.24) is 4.90 Å². The molecular weight excluding hydrogens is 308 g/mol. The van der Waals surface area contributed by atoms with Crippen LogP contribution in [0.1, 0.15) is 44.6 Å². The van der Waals surface area contributed by atoms with Crippen LogP contribution in [0, 0.1) is 5.92 Å². The Morgan fingerprint density at radius 1 is 1.30 bits per heavy atom. The van der Waals surface area contributed by atoms with Crippen molar-refractivity contribution < 1.29 is 4.79 Å². The monoisotopic (exact) mass is 336 g/mol. The Bertz CT molecular complexity index is 489. The van der Waals surface area contributed by atoms with Crippen molar-refractivity contribution in [2.45, 2.75) is 45.1 Å². The number of nitrogens with zero attached hydrogens (tertiary/aromatic N) is 1. The second-order valence-electron chi connectivity index (χ2n) is 6.22. The molecule has 1 amide bonds. The maximum absolute atomic E-state index is 12.7. The fraction of sp³-hybridized carbons (Fsp3) is 0.526. The SMILES string of the molecule is CCCN(C/C=C/c1ccccc1)C(=O)[C@@H]1CCC[C@H](N)C1.Cl. The molecule has 1 saturated carbocycles. The predicted octanol–water partition coefficient (Wildman–Crippen LogP) is 3.88. The number of hydrogen-bond acceptors (Lipinski definition) is 2. The average molecular weight is 337 g/mol. The van der Waals surface area contributed by atoms with Crippen LogP contribution in [0.5, 0.6) is 0 Å². The van der Waals surface area contributed by atoms with E-state index in [9.17, 15) is 4.79 Å². The van der Waals surface area contributed by atoms with Gasteiger partial charge in [0.05, 0.1) is 0 Å². The average Bonchev–Trinajstić information content (AvgIpc) is 2.54. The largest absolute Gasteiger partial charge is 0.339 e. The normalized spacial score (nSPS) is 21.0. The molecule has 4 heteroatoms. The van der Waals surface area contributed by atoms with E-state index in [1.54, 1.807) is 0 Å². The zero-order valence-corrected chi connectivity index (χ0v) is 14.8. The van der Waals surface area contributed by atoms with Gasteiger partial charge in [-0.25, -0.2) is 0 Å². The fourth-order valence-corrected chi connectivity index (χ4v) is 3.15. The van der Waals surface area contributed by atoms with Crippen molar-refractivity contribution in [3.8, 4) is 0 Å². The number of benzene rings is 1. The lowest BCUT2D eigenvalue weighted by atomic mass is 9.85. The molecule has 128 valence electrons.